The molecule has 1 aliphatic rings. The Hall–Kier alpha value is -2.11. The molecule has 2 rings (SSSR count). The summed E-state index contributed by atoms with van der Waals surface area (Å²) in [6.45, 7) is 0. The van der Waals surface area contributed by atoms with Gasteiger partial charge in [-0.05, 0) is 6.07 Å². The average molecular weight is 206 g/mol. The zero-order chi connectivity index (χ0) is 10.8. The van der Waals surface area contributed by atoms with Crippen LogP contribution in [-0.4, -0.2) is 24.0 Å². The lowest BCUT2D eigenvalue weighted by Crippen LogP contribution is -2.31. The van der Waals surface area contributed by atoms with E-state index in [1.54, 1.807) is 18.3 Å². The van der Waals surface area contributed by atoms with Gasteiger partial charge in [0.2, 0.25) is 5.88 Å². The van der Waals surface area contributed by atoms with Gasteiger partial charge in [-0.1, -0.05) is 0 Å². The number of aliphatic imine (C=N–C) groups is 1. The summed E-state index contributed by atoms with van der Waals surface area (Å²) in [7, 11) is 1.53. The van der Waals surface area contributed by atoms with Crippen LogP contribution >= 0.6 is 0 Å². The third kappa shape index (κ3) is 1.74. The Labute approximate surface area is 86.2 Å². The molecule has 1 aliphatic heterocycles. The SMILES string of the molecule is COc1ccc(C2N=C(N)NC2=O)cn1. The van der Waals surface area contributed by atoms with Crippen LogP contribution in [0.25, 0.3) is 0 Å². The number of aromatic nitrogens is 1. The molecule has 0 aromatic carbocycles. The van der Waals surface area contributed by atoms with E-state index in [-0.39, 0.29) is 11.9 Å². The van der Waals surface area contributed by atoms with E-state index in [0.717, 1.165) is 0 Å². The molecule has 1 aromatic rings. The zero-order valence-electron chi connectivity index (χ0n) is 8.10. The van der Waals surface area contributed by atoms with E-state index < -0.39 is 6.04 Å². The van der Waals surface area contributed by atoms with Crippen molar-refractivity contribution in [2.24, 2.45) is 10.7 Å². The van der Waals surface area contributed by atoms with Crippen LogP contribution in [-0.2, 0) is 4.79 Å². The number of nitrogens with one attached hydrogen (secondary N) is 1. The van der Waals surface area contributed by atoms with Crippen molar-refractivity contribution in [1.29, 1.82) is 0 Å². The van der Waals surface area contributed by atoms with Crippen LogP contribution in [0.15, 0.2) is 23.3 Å². The van der Waals surface area contributed by atoms with Crippen molar-refractivity contribution in [3.8, 4) is 5.88 Å². The molecular formula is C9H10N4O2. The number of carbonyl (C=O) groups is 1. The van der Waals surface area contributed by atoms with Crippen LogP contribution in [0.1, 0.15) is 11.6 Å². The minimum Gasteiger partial charge on any atom is -0.481 e. The second-order valence-corrected chi connectivity index (χ2v) is 3.04. The number of hydrogen-bond acceptors (Lipinski definition) is 5. The first kappa shape index (κ1) is 9.45. The maximum Gasteiger partial charge on any atom is 0.256 e. The highest BCUT2D eigenvalue weighted by Crippen LogP contribution is 2.21. The summed E-state index contributed by atoms with van der Waals surface area (Å²) in [6, 6.07) is 2.81. The van der Waals surface area contributed by atoms with Gasteiger partial charge < -0.3 is 10.5 Å². The first-order valence-electron chi connectivity index (χ1n) is 4.35. The maximum absolute atomic E-state index is 11.4. The molecule has 1 unspecified atom stereocenters. The molecule has 0 saturated heterocycles. The van der Waals surface area contributed by atoms with Gasteiger partial charge >= 0.3 is 0 Å². The van der Waals surface area contributed by atoms with Crippen molar-refractivity contribution in [2.45, 2.75) is 6.04 Å². The van der Waals surface area contributed by atoms with Gasteiger partial charge in [-0.25, -0.2) is 9.98 Å². The highest BCUT2D eigenvalue weighted by atomic mass is 16.5. The molecule has 78 valence electrons. The fraction of sp³-hybridized carbons (Fsp3) is 0.222. The van der Waals surface area contributed by atoms with Gasteiger partial charge in [0.1, 0.15) is 0 Å². The molecule has 15 heavy (non-hydrogen) atoms. The molecule has 6 heteroatoms. The Morgan fingerprint density at radius 3 is 2.80 bits per heavy atom. The number of carbonyl (C=O) groups excluding carboxylic acids is 1. The van der Waals surface area contributed by atoms with Crippen LogP contribution in [0, 0.1) is 0 Å². The van der Waals surface area contributed by atoms with Gasteiger partial charge in [0.15, 0.2) is 12.0 Å². The van der Waals surface area contributed by atoms with Crippen molar-refractivity contribution < 1.29 is 9.53 Å². The number of methoxy groups -OCH3 is 1. The number of hydrogen-bond donors (Lipinski definition) is 2. The van der Waals surface area contributed by atoms with Crippen molar-refractivity contribution in [2.75, 3.05) is 7.11 Å². The molecule has 0 saturated carbocycles. The summed E-state index contributed by atoms with van der Waals surface area (Å²) in [6.07, 6.45) is 1.55. The summed E-state index contributed by atoms with van der Waals surface area (Å²) in [4.78, 5) is 19.3. The lowest BCUT2D eigenvalue weighted by atomic mass is 10.1. The van der Waals surface area contributed by atoms with Gasteiger partial charge in [0.05, 0.1) is 7.11 Å². The first-order valence-corrected chi connectivity index (χ1v) is 4.35. The Morgan fingerprint density at radius 2 is 2.33 bits per heavy atom. The van der Waals surface area contributed by atoms with E-state index in [0.29, 0.717) is 11.4 Å². The summed E-state index contributed by atoms with van der Waals surface area (Å²) in [5, 5.41) is 2.42. The second kappa shape index (κ2) is 3.56. The molecular weight excluding hydrogens is 196 g/mol. The number of ether oxygens (including phenoxy) is 1. The highest BCUT2D eigenvalue weighted by molar-refractivity contribution is 6.04. The highest BCUT2D eigenvalue weighted by Gasteiger charge is 2.26. The number of nitrogens with zero attached hydrogens (tertiary/aromatic N) is 2. The van der Waals surface area contributed by atoms with Gasteiger partial charge in [0.25, 0.3) is 5.91 Å². The first-order chi connectivity index (χ1) is 7.20. The third-order valence-electron chi connectivity index (χ3n) is 2.05. The average Bonchev–Trinajstić information content (AvgIpc) is 2.58. The van der Waals surface area contributed by atoms with E-state index in [1.165, 1.54) is 7.11 Å². The van der Waals surface area contributed by atoms with Crippen LogP contribution < -0.4 is 15.8 Å². The van der Waals surface area contributed by atoms with Crippen LogP contribution in [0.2, 0.25) is 0 Å². The lowest BCUT2D eigenvalue weighted by molar-refractivity contribution is -0.120. The number of rotatable bonds is 2. The van der Waals surface area contributed by atoms with Crippen molar-refractivity contribution in [3.63, 3.8) is 0 Å². The quantitative estimate of drug-likeness (QED) is 0.687. The predicted octanol–water partition coefficient (Wildman–Crippen LogP) is -0.424. The maximum atomic E-state index is 11.4. The Morgan fingerprint density at radius 1 is 1.53 bits per heavy atom. The van der Waals surface area contributed by atoms with E-state index in [4.69, 9.17) is 10.5 Å². The number of amides is 1. The van der Waals surface area contributed by atoms with Gasteiger partial charge in [-0.15, -0.1) is 0 Å². The summed E-state index contributed by atoms with van der Waals surface area (Å²) < 4.78 is 4.91. The monoisotopic (exact) mass is 206 g/mol. The van der Waals surface area contributed by atoms with E-state index >= 15 is 0 Å². The van der Waals surface area contributed by atoms with E-state index in [1.807, 2.05) is 0 Å². The molecule has 1 aromatic heterocycles. The molecule has 6 nitrogen and oxygen atoms in total. The molecule has 1 amide bonds. The summed E-state index contributed by atoms with van der Waals surface area (Å²) in [5.74, 6) is 0.398. The largest absolute Gasteiger partial charge is 0.481 e. The molecule has 0 spiro atoms. The molecule has 0 bridgehead atoms. The molecule has 1 atom stereocenters. The number of nitrogens with two attached hydrogens (primary N) is 1. The van der Waals surface area contributed by atoms with Crippen LogP contribution in [0.3, 0.4) is 0 Å². The second-order valence-electron chi connectivity index (χ2n) is 3.04. The normalized spacial score (nSPS) is 19.7. The molecule has 2 heterocycles. The van der Waals surface area contributed by atoms with Crippen LogP contribution in [0.5, 0.6) is 5.88 Å². The van der Waals surface area contributed by atoms with E-state index in [2.05, 4.69) is 15.3 Å². The molecule has 0 radical (unpaired) electrons. The number of guanidine groups is 1. The van der Waals surface area contributed by atoms with Crippen LogP contribution in [0.4, 0.5) is 0 Å². The molecule has 3 N–H and O–H groups in total. The standard InChI is InChI=1S/C9H10N4O2/c1-15-6-3-2-5(4-11-6)7-8(14)13-9(10)12-7/h2-4,7H,1H3,(H3,10,12,13,14). The summed E-state index contributed by atoms with van der Waals surface area (Å²) in [5.41, 5.74) is 6.07. The third-order valence-corrected chi connectivity index (χ3v) is 2.05. The minimum atomic E-state index is -0.594. The fourth-order valence-corrected chi connectivity index (χ4v) is 1.32. The Bertz CT molecular complexity index is 413. The number of pyridine rings is 1. The van der Waals surface area contributed by atoms with Gasteiger partial charge in [-0.3, -0.25) is 10.1 Å². The Kier molecular flexibility index (Phi) is 2.24. The zero-order valence-corrected chi connectivity index (χ0v) is 8.10. The van der Waals surface area contributed by atoms with Gasteiger partial charge in [0, 0.05) is 17.8 Å². The Balaban J connectivity index is 2.26. The van der Waals surface area contributed by atoms with Crippen molar-refractivity contribution in [3.05, 3.63) is 23.9 Å². The molecule has 0 aliphatic carbocycles. The van der Waals surface area contributed by atoms with Gasteiger partial charge in [-0.2, -0.15) is 0 Å². The van der Waals surface area contributed by atoms with E-state index in [9.17, 15) is 4.79 Å². The topological polar surface area (TPSA) is 89.6 Å². The summed E-state index contributed by atoms with van der Waals surface area (Å²) >= 11 is 0. The fourth-order valence-electron chi connectivity index (χ4n) is 1.32. The lowest BCUT2D eigenvalue weighted by Gasteiger charge is -2.04. The minimum absolute atomic E-state index is 0.140. The predicted molar refractivity (Wildman–Crippen MR) is 53.3 cm³/mol. The smallest absolute Gasteiger partial charge is 0.256 e. The van der Waals surface area contributed by atoms with Crippen molar-refractivity contribution >= 4 is 11.9 Å². The molecule has 0 fully saturated rings. The van der Waals surface area contributed by atoms with Crippen molar-refractivity contribution in [1.82, 2.24) is 10.3 Å².